The summed E-state index contributed by atoms with van der Waals surface area (Å²) in [6, 6.07) is 0.469. The van der Waals surface area contributed by atoms with Crippen molar-refractivity contribution in [2.45, 2.75) is 32.4 Å². The van der Waals surface area contributed by atoms with Gasteiger partial charge in [0.1, 0.15) is 0 Å². The van der Waals surface area contributed by atoms with E-state index in [1.807, 2.05) is 6.92 Å². The maximum absolute atomic E-state index is 11.8. The second-order valence-corrected chi connectivity index (χ2v) is 4.04. The van der Waals surface area contributed by atoms with E-state index < -0.39 is 0 Å². The molecule has 0 saturated carbocycles. The van der Waals surface area contributed by atoms with Gasteiger partial charge in [-0.3, -0.25) is 4.79 Å². The fourth-order valence-corrected chi connectivity index (χ4v) is 1.97. The molecule has 0 amide bonds. The molecule has 2 N–H and O–H groups in total. The molecule has 0 aromatic carbocycles. The molecule has 2 heterocycles. The molecule has 0 spiro atoms. The van der Waals surface area contributed by atoms with E-state index in [1.54, 1.807) is 17.0 Å². The number of anilines is 1. The molecule has 1 unspecified atom stereocenters. The molecule has 1 fully saturated rings. The highest BCUT2D eigenvalue weighted by Gasteiger charge is 2.14. The zero-order valence-electron chi connectivity index (χ0n) is 9.57. The summed E-state index contributed by atoms with van der Waals surface area (Å²) in [5, 5.41) is 6.50. The van der Waals surface area contributed by atoms with E-state index in [0.717, 1.165) is 13.1 Å². The molecular formula is C11H18N4O. The minimum atomic E-state index is -0.0389. The smallest absolute Gasteiger partial charge is 0.293 e. The van der Waals surface area contributed by atoms with E-state index in [0.29, 0.717) is 18.4 Å². The van der Waals surface area contributed by atoms with Crippen LogP contribution in [0.15, 0.2) is 17.2 Å². The molecule has 1 saturated heterocycles. The van der Waals surface area contributed by atoms with E-state index in [2.05, 4.69) is 15.6 Å². The van der Waals surface area contributed by atoms with E-state index in [9.17, 15) is 4.79 Å². The van der Waals surface area contributed by atoms with Crippen molar-refractivity contribution >= 4 is 5.82 Å². The first-order chi connectivity index (χ1) is 7.81. The predicted octanol–water partition coefficient (Wildman–Crippen LogP) is 0.427. The van der Waals surface area contributed by atoms with Crippen molar-refractivity contribution in [1.82, 2.24) is 14.9 Å². The van der Waals surface area contributed by atoms with Gasteiger partial charge in [0.15, 0.2) is 5.82 Å². The zero-order chi connectivity index (χ0) is 11.4. The summed E-state index contributed by atoms with van der Waals surface area (Å²) >= 11 is 0. The van der Waals surface area contributed by atoms with Gasteiger partial charge >= 0.3 is 0 Å². The standard InChI is InChI=1S/C11H18N4O/c1-2-15-7-6-13-10(11(15)16)14-8-9-4-3-5-12-9/h6-7,9,12H,2-5,8H2,1H3,(H,13,14). The van der Waals surface area contributed by atoms with Crippen LogP contribution in [0.1, 0.15) is 19.8 Å². The van der Waals surface area contributed by atoms with Gasteiger partial charge in [0.25, 0.3) is 5.56 Å². The molecule has 88 valence electrons. The second-order valence-electron chi connectivity index (χ2n) is 4.04. The van der Waals surface area contributed by atoms with Crippen LogP contribution in [0.25, 0.3) is 0 Å². The second kappa shape index (κ2) is 5.12. The molecule has 1 aliphatic heterocycles. The third-order valence-corrected chi connectivity index (χ3v) is 2.93. The first-order valence-electron chi connectivity index (χ1n) is 5.84. The van der Waals surface area contributed by atoms with Gasteiger partial charge in [-0.2, -0.15) is 0 Å². The number of hydrogen-bond donors (Lipinski definition) is 2. The van der Waals surface area contributed by atoms with Gasteiger partial charge in [-0.1, -0.05) is 0 Å². The quantitative estimate of drug-likeness (QED) is 0.775. The number of nitrogens with one attached hydrogen (secondary N) is 2. The summed E-state index contributed by atoms with van der Waals surface area (Å²) in [5.41, 5.74) is -0.0389. The Morgan fingerprint density at radius 2 is 2.56 bits per heavy atom. The van der Waals surface area contributed by atoms with Crippen LogP contribution in [0.3, 0.4) is 0 Å². The number of rotatable bonds is 4. The zero-order valence-corrected chi connectivity index (χ0v) is 9.57. The molecule has 5 nitrogen and oxygen atoms in total. The Morgan fingerprint density at radius 3 is 3.25 bits per heavy atom. The molecule has 2 rings (SSSR count). The molecule has 0 bridgehead atoms. The van der Waals surface area contributed by atoms with E-state index in [-0.39, 0.29) is 5.56 Å². The molecule has 5 heteroatoms. The normalized spacial score (nSPS) is 19.9. The minimum absolute atomic E-state index is 0.0389. The van der Waals surface area contributed by atoms with Crippen LogP contribution in [-0.2, 0) is 6.54 Å². The summed E-state index contributed by atoms with van der Waals surface area (Å²) in [6.45, 7) is 4.48. The maximum Gasteiger partial charge on any atom is 0.293 e. The Balaban J connectivity index is 2.00. The molecule has 1 aliphatic rings. The molecular weight excluding hydrogens is 204 g/mol. The Kier molecular flexibility index (Phi) is 3.56. The summed E-state index contributed by atoms with van der Waals surface area (Å²) in [5.74, 6) is 0.457. The van der Waals surface area contributed by atoms with Crippen molar-refractivity contribution in [3.63, 3.8) is 0 Å². The van der Waals surface area contributed by atoms with Crippen LogP contribution in [0.5, 0.6) is 0 Å². The van der Waals surface area contributed by atoms with Crippen molar-refractivity contribution < 1.29 is 0 Å². The highest BCUT2D eigenvalue weighted by molar-refractivity contribution is 5.31. The van der Waals surface area contributed by atoms with Gasteiger partial charge in [-0.15, -0.1) is 0 Å². The molecule has 1 aromatic rings. The van der Waals surface area contributed by atoms with E-state index >= 15 is 0 Å². The van der Waals surface area contributed by atoms with Gasteiger partial charge in [0.2, 0.25) is 0 Å². The van der Waals surface area contributed by atoms with Crippen LogP contribution in [0, 0.1) is 0 Å². The van der Waals surface area contributed by atoms with Gasteiger partial charge in [-0.25, -0.2) is 4.98 Å². The lowest BCUT2D eigenvalue weighted by Crippen LogP contribution is -2.32. The molecule has 1 aromatic heterocycles. The summed E-state index contributed by atoms with van der Waals surface area (Å²) < 4.78 is 1.65. The predicted molar refractivity (Wildman–Crippen MR) is 63.7 cm³/mol. The number of nitrogens with zero attached hydrogens (tertiary/aromatic N) is 2. The van der Waals surface area contributed by atoms with Crippen molar-refractivity contribution in [3.8, 4) is 0 Å². The van der Waals surface area contributed by atoms with Crippen molar-refractivity contribution in [2.24, 2.45) is 0 Å². The monoisotopic (exact) mass is 222 g/mol. The summed E-state index contributed by atoms with van der Waals surface area (Å²) in [6.07, 6.45) is 5.76. The third kappa shape index (κ3) is 2.41. The Labute approximate surface area is 94.9 Å². The molecule has 0 radical (unpaired) electrons. The minimum Gasteiger partial charge on any atom is -0.364 e. The van der Waals surface area contributed by atoms with Gasteiger partial charge < -0.3 is 15.2 Å². The Hall–Kier alpha value is -1.36. The molecule has 16 heavy (non-hydrogen) atoms. The lowest BCUT2D eigenvalue weighted by atomic mass is 10.2. The fraction of sp³-hybridized carbons (Fsp3) is 0.636. The first kappa shape index (κ1) is 11.1. The number of aromatic nitrogens is 2. The van der Waals surface area contributed by atoms with Gasteiger partial charge in [0.05, 0.1) is 0 Å². The van der Waals surface area contributed by atoms with Crippen LogP contribution >= 0.6 is 0 Å². The highest BCUT2D eigenvalue weighted by Crippen LogP contribution is 2.05. The first-order valence-corrected chi connectivity index (χ1v) is 5.84. The topological polar surface area (TPSA) is 59.0 Å². The Morgan fingerprint density at radius 1 is 1.69 bits per heavy atom. The fourth-order valence-electron chi connectivity index (χ4n) is 1.97. The lowest BCUT2D eigenvalue weighted by Gasteiger charge is -2.12. The van der Waals surface area contributed by atoms with Crippen molar-refractivity contribution in [3.05, 3.63) is 22.7 Å². The van der Waals surface area contributed by atoms with Crippen LogP contribution < -0.4 is 16.2 Å². The van der Waals surface area contributed by atoms with Gasteiger partial charge in [0, 0.05) is 31.5 Å². The number of aryl methyl sites for hydroxylation is 1. The highest BCUT2D eigenvalue weighted by atomic mass is 16.1. The SMILES string of the molecule is CCn1ccnc(NCC2CCCN2)c1=O. The lowest BCUT2D eigenvalue weighted by molar-refractivity contribution is 0.629. The summed E-state index contributed by atoms with van der Waals surface area (Å²) in [7, 11) is 0. The van der Waals surface area contributed by atoms with Crippen LogP contribution in [-0.4, -0.2) is 28.7 Å². The summed E-state index contributed by atoms with van der Waals surface area (Å²) in [4.78, 5) is 15.9. The van der Waals surface area contributed by atoms with Crippen LogP contribution in [0.4, 0.5) is 5.82 Å². The Bertz CT molecular complexity index is 395. The maximum atomic E-state index is 11.8. The van der Waals surface area contributed by atoms with Crippen LogP contribution in [0.2, 0.25) is 0 Å². The van der Waals surface area contributed by atoms with Crippen molar-refractivity contribution in [2.75, 3.05) is 18.4 Å². The average molecular weight is 222 g/mol. The van der Waals surface area contributed by atoms with Gasteiger partial charge in [-0.05, 0) is 26.3 Å². The number of hydrogen-bond acceptors (Lipinski definition) is 4. The van der Waals surface area contributed by atoms with Crippen molar-refractivity contribution in [1.29, 1.82) is 0 Å². The molecule has 1 atom stereocenters. The van der Waals surface area contributed by atoms with E-state index in [4.69, 9.17) is 0 Å². The molecule has 0 aliphatic carbocycles. The largest absolute Gasteiger partial charge is 0.364 e. The average Bonchev–Trinajstić information content (AvgIpc) is 2.81. The third-order valence-electron chi connectivity index (χ3n) is 2.93. The van der Waals surface area contributed by atoms with E-state index in [1.165, 1.54) is 12.8 Å².